The Morgan fingerprint density at radius 2 is 1.90 bits per heavy atom. The molecule has 2 heteroatoms. The molecule has 1 aromatic carbocycles. The molecule has 1 nitrogen and oxygen atoms in total. The van der Waals surface area contributed by atoms with Crippen LogP contribution in [-0.2, 0) is 0 Å². The Hall–Kier alpha value is -0.890. The van der Waals surface area contributed by atoms with E-state index in [-0.39, 0.29) is 11.9 Å². The molecule has 0 bridgehead atoms. The van der Waals surface area contributed by atoms with Crippen molar-refractivity contribution in [2.75, 3.05) is 7.05 Å². The van der Waals surface area contributed by atoms with Crippen molar-refractivity contribution in [2.45, 2.75) is 58.9 Å². The van der Waals surface area contributed by atoms with Crippen molar-refractivity contribution in [2.24, 2.45) is 11.3 Å². The molecule has 0 aromatic heterocycles. The Morgan fingerprint density at radius 1 is 1.25 bits per heavy atom. The molecule has 1 aliphatic rings. The number of rotatable bonds is 5. The summed E-state index contributed by atoms with van der Waals surface area (Å²) in [6, 6.07) is 5.47. The van der Waals surface area contributed by atoms with Gasteiger partial charge in [0.1, 0.15) is 5.82 Å². The van der Waals surface area contributed by atoms with Gasteiger partial charge in [-0.1, -0.05) is 32.8 Å². The van der Waals surface area contributed by atoms with Gasteiger partial charge in [-0.05, 0) is 67.8 Å². The van der Waals surface area contributed by atoms with E-state index in [1.807, 2.05) is 13.1 Å². The molecule has 112 valence electrons. The van der Waals surface area contributed by atoms with Crippen molar-refractivity contribution in [3.05, 3.63) is 35.1 Å². The quantitative estimate of drug-likeness (QED) is 0.798. The van der Waals surface area contributed by atoms with E-state index in [4.69, 9.17) is 0 Å². The highest BCUT2D eigenvalue weighted by molar-refractivity contribution is 5.31. The van der Waals surface area contributed by atoms with Gasteiger partial charge in [-0.3, -0.25) is 0 Å². The van der Waals surface area contributed by atoms with Crippen LogP contribution in [0.2, 0.25) is 0 Å². The van der Waals surface area contributed by atoms with Crippen molar-refractivity contribution < 1.29 is 4.39 Å². The summed E-state index contributed by atoms with van der Waals surface area (Å²) >= 11 is 0. The maximum atomic E-state index is 13.7. The summed E-state index contributed by atoms with van der Waals surface area (Å²) in [5.74, 6) is 0.557. The third-order valence-electron chi connectivity index (χ3n) is 4.87. The molecule has 1 aliphatic carbocycles. The summed E-state index contributed by atoms with van der Waals surface area (Å²) in [4.78, 5) is 0. The molecule has 1 N–H and O–H groups in total. The van der Waals surface area contributed by atoms with E-state index < -0.39 is 0 Å². The fourth-order valence-corrected chi connectivity index (χ4v) is 4.22. The summed E-state index contributed by atoms with van der Waals surface area (Å²) in [7, 11) is 2.02. The topological polar surface area (TPSA) is 12.0 Å². The first kappa shape index (κ1) is 15.5. The molecule has 0 aliphatic heterocycles. The first-order valence-electron chi connectivity index (χ1n) is 7.92. The SMILES string of the molecule is CNC(c1cc(F)ccc1C)C1(CC(C)C)CCCC1. The van der Waals surface area contributed by atoms with Crippen LogP contribution < -0.4 is 5.32 Å². The largest absolute Gasteiger partial charge is 0.313 e. The molecule has 1 unspecified atom stereocenters. The molecule has 1 fully saturated rings. The lowest BCUT2D eigenvalue weighted by Gasteiger charge is -2.40. The third-order valence-corrected chi connectivity index (χ3v) is 4.87. The minimum Gasteiger partial charge on any atom is -0.313 e. The van der Waals surface area contributed by atoms with Crippen LogP contribution in [0.4, 0.5) is 4.39 Å². The van der Waals surface area contributed by atoms with E-state index in [2.05, 4.69) is 26.1 Å². The van der Waals surface area contributed by atoms with Crippen LogP contribution in [0.5, 0.6) is 0 Å². The van der Waals surface area contributed by atoms with Gasteiger partial charge in [0.25, 0.3) is 0 Å². The van der Waals surface area contributed by atoms with Gasteiger partial charge < -0.3 is 5.32 Å². The molecule has 0 saturated heterocycles. The summed E-state index contributed by atoms with van der Waals surface area (Å²) in [6.45, 7) is 6.69. The average Bonchev–Trinajstić information content (AvgIpc) is 2.83. The smallest absolute Gasteiger partial charge is 0.123 e. The Bertz CT molecular complexity index is 447. The van der Waals surface area contributed by atoms with Crippen LogP contribution in [0.15, 0.2) is 18.2 Å². The van der Waals surface area contributed by atoms with Gasteiger partial charge in [0.05, 0.1) is 0 Å². The summed E-state index contributed by atoms with van der Waals surface area (Å²) < 4.78 is 13.7. The Morgan fingerprint density at radius 3 is 2.45 bits per heavy atom. The van der Waals surface area contributed by atoms with Gasteiger partial charge in [-0.25, -0.2) is 4.39 Å². The van der Waals surface area contributed by atoms with Gasteiger partial charge in [-0.15, -0.1) is 0 Å². The number of hydrogen-bond acceptors (Lipinski definition) is 1. The van der Waals surface area contributed by atoms with E-state index in [0.29, 0.717) is 11.3 Å². The maximum Gasteiger partial charge on any atom is 0.123 e. The molecule has 0 radical (unpaired) electrons. The lowest BCUT2D eigenvalue weighted by Crippen LogP contribution is -2.36. The van der Waals surface area contributed by atoms with E-state index in [1.54, 1.807) is 12.1 Å². The molecule has 0 spiro atoms. The second-order valence-corrected chi connectivity index (χ2v) is 6.89. The fraction of sp³-hybridized carbons (Fsp3) is 0.667. The molecular formula is C18H28FN. The first-order chi connectivity index (χ1) is 9.48. The molecule has 0 heterocycles. The molecular weight excluding hydrogens is 249 g/mol. The van der Waals surface area contributed by atoms with E-state index in [0.717, 1.165) is 5.56 Å². The zero-order valence-corrected chi connectivity index (χ0v) is 13.3. The number of hydrogen-bond donors (Lipinski definition) is 1. The van der Waals surface area contributed by atoms with Crippen LogP contribution in [0.3, 0.4) is 0 Å². The monoisotopic (exact) mass is 277 g/mol. The summed E-state index contributed by atoms with van der Waals surface area (Å²) in [6.07, 6.45) is 6.34. The van der Waals surface area contributed by atoms with Gasteiger partial charge in [0.15, 0.2) is 0 Å². The van der Waals surface area contributed by atoms with Crippen molar-refractivity contribution >= 4 is 0 Å². The Balaban J connectivity index is 2.40. The Labute approximate surface area is 123 Å². The second-order valence-electron chi connectivity index (χ2n) is 6.89. The predicted octanol–water partition coefficient (Wildman–Crippen LogP) is 5.00. The number of benzene rings is 1. The molecule has 1 atom stereocenters. The molecule has 2 rings (SSSR count). The zero-order valence-electron chi connectivity index (χ0n) is 13.3. The highest BCUT2D eigenvalue weighted by Gasteiger charge is 2.42. The molecule has 1 saturated carbocycles. The van der Waals surface area contributed by atoms with Gasteiger partial charge in [0.2, 0.25) is 0 Å². The van der Waals surface area contributed by atoms with Crippen molar-refractivity contribution in [3.63, 3.8) is 0 Å². The van der Waals surface area contributed by atoms with Crippen molar-refractivity contribution in [1.29, 1.82) is 0 Å². The molecule has 1 aromatic rings. The Kier molecular flexibility index (Phi) is 4.85. The number of nitrogens with one attached hydrogen (secondary N) is 1. The van der Waals surface area contributed by atoms with Crippen LogP contribution >= 0.6 is 0 Å². The van der Waals surface area contributed by atoms with Crippen molar-refractivity contribution in [3.8, 4) is 0 Å². The average molecular weight is 277 g/mol. The maximum absolute atomic E-state index is 13.7. The zero-order chi connectivity index (χ0) is 14.8. The number of halogens is 1. The standard InChI is InChI=1S/C18H28FN/c1-13(2)12-18(9-5-6-10-18)17(20-4)16-11-15(19)8-7-14(16)3/h7-8,11,13,17,20H,5-6,9-10,12H2,1-4H3. The van der Waals surface area contributed by atoms with E-state index in [1.165, 1.54) is 37.7 Å². The van der Waals surface area contributed by atoms with Gasteiger partial charge in [0, 0.05) is 6.04 Å². The van der Waals surface area contributed by atoms with E-state index >= 15 is 0 Å². The van der Waals surface area contributed by atoms with Crippen LogP contribution in [-0.4, -0.2) is 7.05 Å². The second kappa shape index (κ2) is 6.26. The first-order valence-corrected chi connectivity index (χ1v) is 7.92. The van der Waals surface area contributed by atoms with Crippen LogP contribution in [0, 0.1) is 24.1 Å². The highest BCUT2D eigenvalue weighted by atomic mass is 19.1. The lowest BCUT2D eigenvalue weighted by molar-refractivity contribution is 0.161. The van der Waals surface area contributed by atoms with Crippen LogP contribution in [0.1, 0.15) is 63.1 Å². The van der Waals surface area contributed by atoms with Gasteiger partial charge in [-0.2, -0.15) is 0 Å². The molecule has 0 amide bonds. The lowest BCUT2D eigenvalue weighted by atomic mass is 9.69. The summed E-state index contributed by atoms with van der Waals surface area (Å²) in [5, 5.41) is 3.51. The highest BCUT2D eigenvalue weighted by Crippen LogP contribution is 2.52. The normalized spacial score (nSPS) is 19.5. The number of aryl methyl sites for hydroxylation is 1. The van der Waals surface area contributed by atoms with Crippen LogP contribution in [0.25, 0.3) is 0 Å². The summed E-state index contributed by atoms with van der Waals surface area (Å²) in [5.41, 5.74) is 2.64. The van der Waals surface area contributed by atoms with Gasteiger partial charge >= 0.3 is 0 Å². The minimum atomic E-state index is -0.122. The minimum absolute atomic E-state index is 0.122. The van der Waals surface area contributed by atoms with Crippen molar-refractivity contribution in [1.82, 2.24) is 5.32 Å². The predicted molar refractivity (Wildman–Crippen MR) is 83.3 cm³/mol. The third kappa shape index (κ3) is 3.06. The fourth-order valence-electron chi connectivity index (χ4n) is 4.22. The molecule has 20 heavy (non-hydrogen) atoms. The van der Waals surface area contributed by atoms with E-state index in [9.17, 15) is 4.39 Å².